The zero-order chi connectivity index (χ0) is 20.1. The molecule has 1 saturated heterocycles. The van der Waals surface area contributed by atoms with Crippen LogP contribution in [0.3, 0.4) is 0 Å². The molecule has 0 spiro atoms. The van der Waals surface area contributed by atoms with Crippen molar-refractivity contribution in [2.45, 2.75) is 12.8 Å². The lowest BCUT2D eigenvalue weighted by Crippen LogP contribution is -2.41. The van der Waals surface area contributed by atoms with E-state index in [1.807, 2.05) is 4.90 Å². The van der Waals surface area contributed by atoms with E-state index in [1.165, 1.54) is 0 Å². The van der Waals surface area contributed by atoms with Crippen molar-refractivity contribution in [3.8, 4) is 28.5 Å². The Morgan fingerprint density at radius 1 is 1.14 bits per heavy atom. The number of rotatable bonds is 7. The Bertz CT molecular complexity index is 793. The third-order valence-electron chi connectivity index (χ3n) is 4.98. The van der Waals surface area contributed by atoms with Gasteiger partial charge in [-0.25, -0.2) is 0 Å². The van der Waals surface area contributed by atoms with Gasteiger partial charge in [-0.3, -0.25) is 9.89 Å². The van der Waals surface area contributed by atoms with Gasteiger partial charge in [-0.15, -0.1) is 0 Å². The molecule has 1 atom stereocenters. The highest BCUT2D eigenvalue weighted by Crippen LogP contribution is 2.40. The molecule has 8 nitrogen and oxygen atoms in total. The fourth-order valence-electron chi connectivity index (χ4n) is 3.60. The Balaban J connectivity index is 1.83. The molecule has 1 unspecified atom stereocenters. The first-order valence-electron chi connectivity index (χ1n) is 9.25. The molecular formula is C20H27N3O5. The maximum Gasteiger partial charge on any atom is 0.271 e. The number of nitrogens with one attached hydrogen (secondary N) is 1. The Kier molecular flexibility index (Phi) is 6.41. The first-order chi connectivity index (χ1) is 13.6. The normalized spacial score (nSPS) is 16.7. The summed E-state index contributed by atoms with van der Waals surface area (Å²) in [7, 11) is 6.38. The smallest absolute Gasteiger partial charge is 0.271 e. The fraction of sp³-hybridized carbons (Fsp3) is 0.500. The quantitative estimate of drug-likeness (QED) is 0.783. The molecule has 1 aromatic carbocycles. The third kappa shape index (κ3) is 4.06. The van der Waals surface area contributed by atoms with Crippen molar-refractivity contribution in [1.29, 1.82) is 0 Å². The van der Waals surface area contributed by atoms with Crippen LogP contribution in [0.2, 0.25) is 0 Å². The van der Waals surface area contributed by atoms with E-state index < -0.39 is 0 Å². The summed E-state index contributed by atoms with van der Waals surface area (Å²) in [6.07, 6.45) is 2.06. The fourth-order valence-corrected chi connectivity index (χ4v) is 3.60. The predicted octanol–water partition coefficient (Wildman–Crippen LogP) is 2.60. The zero-order valence-electron chi connectivity index (χ0n) is 16.8. The lowest BCUT2D eigenvalue weighted by Gasteiger charge is -2.32. The monoisotopic (exact) mass is 389 g/mol. The summed E-state index contributed by atoms with van der Waals surface area (Å²) < 4.78 is 21.4. The van der Waals surface area contributed by atoms with Gasteiger partial charge in [0.15, 0.2) is 11.5 Å². The van der Waals surface area contributed by atoms with Gasteiger partial charge >= 0.3 is 0 Å². The van der Waals surface area contributed by atoms with Crippen LogP contribution in [0.1, 0.15) is 23.3 Å². The largest absolute Gasteiger partial charge is 0.493 e. The van der Waals surface area contributed by atoms with Crippen LogP contribution >= 0.6 is 0 Å². The average molecular weight is 389 g/mol. The number of amides is 1. The number of hydrogen-bond donors (Lipinski definition) is 1. The van der Waals surface area contributed by atoms with E-state index >= 15 is 0 Å². The summed E-state index contributed by atoms with van der Waals surface area (Å²) in [4.78, 5) is 14.7. The Morgan fingerprint density at radius 2 is 1.86 bits per heavy atom. The number of H-pyrrole nitrogens is 1. The van der Waals surface area contributed by atoms with E-state index in [9.17, 15) is 4.79 Å². The van der Waals surface area contributed by atoms with Gasteiger partial charge in [0.05, 0.1) is 33.6 Å². The van der Waals surface area contributed by atoms with Crippen molar-refractivity contribution in [3.63, 3.8) is 0 Å². The summed E-state index contributed by atoms with van der Waals surface area (Å²) in [5.41, 5.74) is 1.86. The Hall–Kier alpha value is -2.74. The van der Waals surface area contributed by atoms with Gasteiger partial charge in [0, 0.05) is 25.8 Å². The van der Waals surface area contributed by atoms with Crippen molar-refractivity contribution in [2.75, 3.05) is 48.1 Å². The summed E-state index contributed by atoms with van der Waals surface area (Å²) in [6, 6.07) is 5.37. The molecule has 152 valence electrons. The molecule has 0 aliphatic carbocycles. The molecule has 8 heteroatoms. The standard InChI is InChI=1S/C20H27N3O5/c1-25-12-13-6-5-7-23(11-13)20(24)16-10-15(21-22-16)14-8-17(26-2)19(28-4)18(9-14)27-3/h8-10,13H,5-7,11-12H2,1-4H3,(H,21,22). The molecule has 1 N–H and O–H groups in total. The molecule has 0 radical (unpaired) electrons. The molecule has 2 heterocycles. The molecule has 1 amide bonds. The van der Waals surface area contributed by atoms with E-state index in [2.05, 4.69) is 10.2 Å². The maximum atomic E-state index is 12.9. The first kappa shape index (κ1) is 20.0. The minimum Gasteiger partial charge on any atom is -0.493 e. The zero-order valence-corrected chi connectivity index (χ0v) is 16.8. The highest BCUT2D eigenvalue weighted by atomic mass is 16.5. The Labute approximate surface area is 164 Å². The van der Waals surface area contributed by atoms with Crippen LogP contribution in [0.25, 0.3) is 11.3 Å². The molecule has 0 saturated carbocycles. The number of carbonyl (C=O) groups excluding carboxylic acids is 1. The van der Waals surface area contributed by atoms with Gasteiger partial charge in [0.1, 0.15) is 5.69 Å². The number of nitrogens with zero attached hydrogens (tertiary/aromatic N) is 2. The number of aromatic amines is 1. The van der Waals surface area contributed by atoms with E-state index in [1.54, 1.807) is 46.6 Å². The number of piperidine rings is 1. The number of hydrogen-bond acceptors (Lipinski definition) is 6. The molecular weight excluding hydrogens is 362 g/mol. The van der Waals surface area contributed by atoms with Crippen molar-refractivity contribution in [1.82, 2.24) is 15.1 Å². The van der Waals surface area contributed by atoms with Crippen LogP contribution in [0, 0.1) is 5.92 Å². The highest BCUT2D eigenvalue weighted by Gasteiger charge is 2.26. The number of methoxy groups -OCH3 is 4. The highest BCUT2D eigenvalue weighted by molar-refractivity contribution is 5.93. The van der Waals surface area contributed by atoms with Gasteiger partial charge in [-0.1, -0.05) is 0 Å². The minimum atomic E-state index is -0.0491. The third-order valence-corrected chi connectivity index (χ3v) is 4.98. The second kappa shape index (κ2) is 8.97. The maximum absolute atomic E-state index is 12.9. The van der Waals surface area contributed by atoms with Crippen LogP contribution in [-0.2, 0) is 4.74 Å². The summed E-state index contributed by atoms with van der Waals surface area (Å²) in [6.45, 7) is 2.12. The molecule has 1 aliphatic heterocycles. The van der Waals surface area contributed by atoms with Crippen LogP contribution in [0.4, 0.5) is 0 Å². The molecule has 1 aliphatic rings. The molecule has 1 fully saturated rings. The van der Waals surface area contributed by atoms with Crippen LogP contribution in [0.15, 0.2) is 18.2 Å². The van der Waals surface area contributed by atoms with Gasteiger partial charge in [0.25, 0.3) is 5.91 Å². The van der Waals surface area contributed by atoms with Crippen LogP contribution in [-0.4, -0.2) is 69.1 Å². The summed E-state index contributed by atoms with van der Waals surface area (Å²) in [5.74, 6) is 1.91. The lowest BCUT2D eigenvalue weighted by molar-refractivity contribution is 0.0565. The van der Waals surface area contributed by atoms with Gasteiger partial charge in [-0.2, -0.15) is 5.10 Å². The molecule has 0 bridgehead atoms. The van der Waals surface area contributed by atoms with Gasteiger partial charge < -0.3 is 23.8 Å². The number of ether oxygens (including phenoxy) is 4. The van der Waals surface area contributed by atoms with E-state index in [4.69, 9.17) is 18.9 Å². The summed E-state index contributed by atoms with van der Waals surface area (Å²) >= 11 is 0. The first-order valence-corrected chi connectivity index (χ1v) is 9.25. The molecule has 1 aromatic heterocycles. The minimum absolute atomic E-state index is 0.0491. The van der Waals surface area contributed by atoms with E-state index in [0.29, 0.717) is 47.7 Å². The predicted molar refractivity (Wildman–Crippen MR) is 104 cm³/mol. The number of aromatic nitrogens is 2. The van der Waals surface area contributed by atoms with Crippen molar-refractivity contribution >= 4 is 5.91 Å². The topological polar surface area (TPSA) is 85.9 Å². The van der Waals surface area contributed by atoms with Crippen LogP contribution in [0.5, 0.6) is 17.2 Å². The Morgan fingerprint density at radius 3 is 2.46 bits per heavy atom. The van der Waals surface area contributed by atoms with Gasteiger partial charge in [-0.05, 0) is 37.0 Å². The second-order valence-electron chi connectivity index (χ2n) is 6.80. The average Bonchev–Trinajstić information content (AvgIpc) is 3.22. The van der Waals surface area contributed by atoms with Crippen molar-refractivity contribution in [3.05, 3.63) is 23.9 Å². The second-order valence-corrected chi connectivity index (χ2v) is 6.80. The number of likely N-dealkylation sites (tertiary alicyclic amines) is 1. The lowest BCUT2D eigenvalue weighted by atomic mass is 9.98. The molecule has 3 rings (SSSR count). The van der Waals surface area contributed by atoms with Crippen LogP contribution < -0.4 is 14.2 Å². The van der Waals surface area contributed by atoms with E-state index in [0.717, 1.165) is 24.9 Å². The number of benzene rings is 1. The summed E-state index contributed by atoms with van der Waals surface area (Å²) in [5, 5.41) is 7.18. The molecule has 2 aromatic rings. The van der Waals surface area contributed by atoms with Gasteiger partial charge in [0.2, 0.25) is 5.75 Å². The SMILES string of the molecule is COCC1CCCN(C(=O)c2cc(-c3cc(OC)c(OC)c(OC)c3)n[nH]2)C1. The van der Waals surface area contributed by atoms with E-state index in [-0.39, 0.29) is 5.91 Å². The van der Waals surface area contributed by atoms with Crippen molar-refractivity contribution in [2.24, 2.45) is 5.92 Å². The van der Waals surface area contributed by atoms with Crippen molar-refractivity contribution < 1.29 is 23.7 Å². The molecule has 28 heavy (non-hydrogen) atoms. The number of carbonyl (C=O) groups is 1.